The zero-order valence-corrected chi connectivity index (χ0v) is 19.8. The van der Waals surface area contributed by atoms with E-state index in [0.717, 1.165) is 4.71 Å². The van der Waals surface area contributed by atoms with E-state index in [1.54, 1.807) is 0 Å². The molecule has 0 amide bonds. The van der Waals surface area contributed by atoms with Gasteiger partial charge in [0.15, 0.2) is 0 Å². The van der Waals surface area contributed by atoms with Crippen molar-refractivity contribution in [2.45, 2.75) is 114 Å². The Labute approximate surface area is 172 Å². The number of hydrogen-bond donors (Lipinski definition) is 0. The fourth-order valence-corrected chi connectivity index (χ4v) is 4.41. The number of hydrogen-bond acceptors (Lipinski definition) is 0. The quantitative estimate of drug-likeness (QED) is 0.197. The van der Waals surface area contributed by atoms with E-state index in [1.165, 1.54) is 108 Å². The molecule has 0 fully saturated rings. The first kappa shape index (κ1) is 25.7. The van der Waals surface area contributed by atoms with E-state index in [2.05, 4.69) is 37.3 Å². The van der Waals surface area contributed by atoms with Gasteiger partial charge in [-0.25, -0.2) is 0 Å². The summed E-state index contributed by atoms with van der Waals surface area (Å²) in [5, 5.41) is 0. The first-order valence-electron chi connectivity index (χ1n) is 11.1. The van der Waals surface area contributed by atoms with Crippen LogP contribution in [0.15, 0.2) is 30.3 Å². The van der Waals surface area contributed by atoms with Crippen LogP contribution in [0.3, 0.4) is 0 Å². The molecule has 0 heterocycles. The largest absolute Gasteiger partial charge is 0.412 e. The Hall–Kier alpha value is -0.262. The average molecular weight is 425 g/mol. The van der Waals surface area contributed by atoms with Crippen LogP contribution in [-0.4, -0.2) is 22.3 Å². The molecule has 1 nitrogen and oxygen atoms in total. The van der Waals surface area contributed by atoms with Crippen LogP contribution < -0.4 is 0 Å². The molecule has 0 aliphatic heterocycles. The van der Waals surface area contributed by atoms with Crippen LogP contribution in [0.25, 0.3) is 0 Å². The van der Waals surface area contributed by atoms with Crippen LogP contribution in [0, 0.1) is 0 Å². The Kier molecular flexibility index (Phi) is 19.3. The molecule has 0 aliphatic rings. The molecule has 2 heteroatoms. The Bertz CT molecular complexity index is 379. The summed E-state index contributed by atoms with van der Waals surface area (Å²) in [5.74, 6) is 0. The van der Waals surface area contributed by atoms with Gasteiger partial charge in [-0.15, -0.1) is 0 Å². The molecule has 1 aromatic rings. The molecular formula is C24H45AsO. The van der Waals surface area contributed by atoms with Crippen molar-refractivity contribution in [1.82, 2.24) is 0 Å². The van der Waals surface area contributed by atoms with Gasteiger partial charge >= 0.3 is 141 Å². The van der Waals surface area contributed by atoms with E-state index >= 15 is 0 Å². The zero-order chi connectivity index (χ0) is 18.0. The molecule has 0 bridgehead atoms. The van der Waals surface area contributed by atoms with E-state index in [-0.39, 0.29) is 5.48 Å². The van der Waals surface area contributed by atoms with Crippen molar-refractivity contribution in [2.24, 2.45) is 0 Å². The standard InChI is InChI=1S/C24H43As.H2O/c1-2-3-4-5-6-7-8-9-10-11-12-13-17-20-24(25)22-21-23-18-15-14-16-19-23;/h14-16,18-19,24H,2-13,17,20-22,25H2,1H3;1H2. The van der Waals surface area contributed by atoms with E-state index in [9.17, 15) is 0 Å². The van der Waals surface area contributed by atoms with Crippen molar-refractivity contribution in [1.29, 1.82) is 0 Å². The zero-order valence-electron chi connectivity index (χ0n) is 17.4. The van der Waals surface area contributed by atoms with Gasteiger partial charge in [-0.05, 0) is 0 Å². The Balaban J connectivity index is 0.00000625. The van der Waals surface area contributed by atoms with Crippen molar-refractivity contribution >= 4 is 16.9 Å². The molecule has 0 saturated carbocycles. The van der Waals surface area contributed by atoms with Crippen LogP contribution in [0.2, 0.25) is 4.71 Å². The Morgan fingerprint density at radius 2 is 1.12 bits per heavy atom. The molecule has 1 rings (SSSR count). The fraction of sp³-hybridized carbons (Fsp3) is 0.750. The first-order valence-corrected chi connectivity index (χ1v) is 12.5. The van der Waals surface area contributed by atoms with Crippen molar-refractivity contribution in [2.75, 3.05) is 0 Å². The maximum absolute atomic E-state index is 2.30. The minimum Gasteiger partial charge on any atom is -0.412 e. The SMILES string of the molecule is CCCCCCCCCCCCCCCC([AsH2])CCc1ccccc1.O. The molecule has 0 radical (unpaired) electrons. The second kappa shape index (κ2) is 19.5. The maximum atomic E-state index is 2.30. The predicted octanol–water partition coefficient (Wildman–Crippen LogP) is 6.70. The van der Waals surface area contributed by atoms with Gasteiger partial charge in [0.2, 0.25) is 0 Å². The molecule has 0 aromatic heterocycles. The fourth-order valence-electron chi connectivity index (χ4n) is 3.57. The van der Waals surface area contributed by atoms with Gasteiger partial charge in [0.25, 0.3) is 0 Å². The molecule has 0 aliphatic carbocycles. The van der Waals surface area contributed by atoms with Gasteiger partial charge in [0.1, 0.15) is 0 Å². The van der Waals surface area contributed by atoms with Crippen molar-refractivity contribution in [3.05, 3.63) is 35.9 Å². The van der Waals surface area contributed by atoms with Gasteiger partial charge in [0, 0.05) is 0 Å². The molecule has 26 heavy (non-hydrogen) atoms. The van der Waals surface area contributed by atoms with Gasteiger partial charge in [0.05, 0.1) is 0 Å². The third-order valence-electron chi connectivity index (χ3n) is 5.33. The Morgan fingerprint density at radius 3 is 1.62 bits per heavy atom. The molecular weight excluding hydrogens is 379 g/mol. The number of unbranched alkanes of at least 4 members (excludes halogenated alkanes) is 12. The smallest absolute Gasteiger partial charge is 0.412 e. The third-order valence-corrected chi connectivity index (χ3v) is 6.72. The van der Waals surface area contributed by atoms with Crippen molar-refractivity contribution < 1.29 is 5.48 Å². The third kappa shape index (κ3) is 16.0. The Morgan fingerprint density at radius 1 is 0.654 bits per heavy atom. The summed E-state index contributed by atoms with van der Waals surface area (Å²) in [6.45, 7) is 2.30. The molecule has 2 atom stereocenters. The summed E-state index contributed by atoms with van der Waals surface area (Å²) < 4.78 is 0.945. The number of aryl methyl sites for hydroxylation is 1. The topological polar surface area (TPSA) is 31.5 Å². The average Bonchev–Trinajstić information content (AvgIpc) is 2.64. The van der Waals surface area contributed by atoms with Crippen LogP contribution >= 0.6 is 0 Å². The molecule has 0 saturated heterocycles. The van der Waals surface area contributed by atoms with Crippen LogP contribution in [0.5, 0.6) is 0 Å². The van der Waals surface area contributed by atoms with Crippen molar-refractivity contribution in [3.63, 3.8) is 0 Å². The van der Waals surface area contributed by atoms with Crippen LogP contribution in [0.1, 0.15) is 109 Å². The predicted molar refractivity (Wildman–Crippen MR) is 121 cm³/mol. The normalized spacial score (nSPS) is 11.9. The molecule has 1 aromatic carbocycles. The second-order valence-electron chi connectivity index (χ2n) is 7.82. The summed E-state index contributed by atoms with van der Waals surface area (Å²) >= 11 is 1.96. The van der Waals surface area contributed by atoms with E-state index in [4.69, 9.17) is 0 Å². The van der Waals surface area contributed by atoms with Gasteiger partial charge in [-0.2, -0.15) is 0 Å². The molecule has 2 N–H and O–H groups in total. The van der Waals surface area contributed by atoms with Gasteiger partial charge < -0.3 is 5.48 Å². The first-order chi connectivity index (χ1) is 12.3. The van der Waals surface area contributed by atoms with Crippen LogP contribution in [0.4, 0.5) is 0 Å². The molecule has 152 valence electrons. The van der Waals surface area contributed by atoms with E-state index in [1.807, 2.05) is 16.9 Å². The summed E-state index contributed by atoms with van der Waals surface area (Å²) in [4.78, 5) is 0. The van der Waals surface area contributed by atoms with E-state index < -0.39 is 0 Å². The second-order valence-corrected chi connectivity index (χ2v) is 9.79. The van der Waals surface area contributed by atoms with Crippen molar-refractivity contribution in [3.8, 4) is 0 Å². The van der Waals surface area contributed by atoms with Gasteiger partial charge in [-0.3, -0.25) is 0 Å². The summed E-state index contributed by atoms with van der Waals surface area (Å²) in [6.07, 6.45) is 23.1. The minimum atomic E-state index is 0. The number of benzene rings is 1. The minimum absolute atomic E-state index is 0. The van der Waals surface area contributed by atoms with E-state index in [0.29, 0.717) is 0 Å². The molecule has 0 spiro atoms. The van der Waals surface area contributed by atoms with Crippen LogP contribution in [-0.2, 0) is 6.42 Å². The molecule has 2 unspecified atom stereocenters. The maximum Gasteiger partial charge on any atom is -0.412 e. The van der Waals surface area contributed by atoms with Gasteiger partial charge in [-0.1, -0.05) is 26.2 Å². The summed E-state index contributed by atoms with van der Waals surface area (Å²) in [6, 6.07) is 11.0. The monoisotopic (exact) mass is 424 g/mol. The summed E-state index contributed by atoms with van der Waals surface area (Å²) in [5.41, 5.74) is 1.51. The summed E-state index contributed by atoms with van der Waals surface area (Å²) in [7, 11) is 0. The number of rotatable bonds is 17.